The van der Waals surface area contributed by atoms with E-state index in [1.165, 1.54) is 0 Å². The van der Waals surface area contributed by atoms with Crippen LogP contribution in [0.4, 0.5) is 0 Å². The molecule has 3 nitrogen and oxygen atoms in total. The molecule has 0 amide bonds. The maximum absolute atomic E-state index is 8.83. The normalized spacial score (nSPS) is 11.8. The van der Waals surface area contributed by atoms with Crippen LogP contribution in [0.3, 0.4) is 0 Å². The molecule has 0 aliphatic rings. The van der Waals surface area contributed by atoms with Crippen LogP contribution in [0.2, 0.25) is 0 Å². The Morgan fingerprint density at radius 1 is 1.08 bits per heavy atom. The van der Waals surface area contributed by atoms with Crippen LogP contribution in [-0.2, 0) is 0 Å². The van der Waals surface area contributed by atoms with Crippen molar-refractivity contribution in [1.29, 1.82) is 0 Å². The molecule has 0 aromatic rings. The molecule has 0 radical (unpaired) electrons. The van der Waals surface area contributed by atoms with Crippen LogP contribution in [0, 0.1) is 0 Å². The van der Waals surface area contributed by atoms with E-state index in [1.807, 2.05) is 0 Å². The molecular formula is C10H18O3. The Balaban J connectivity index is 3.61. The molecule has 0 bridgehead atoms. The van der Waals surface area contributed by atoms with Crippen LogP contribution in [0.1, 0.15) is 19.3 Å². The van der Waals surface area contributed by atoms with Crippen LogP contribution < -0.4 is 0 Å². The summed E-state index contributed by atoms with van der Waals surface area (Å²) >= 11 is 0. The molecule has 0 rings (SSSR count). The zero-order valence-corrected chi connectivity index (χ0v) is 7.87. The number of hydrogen-bond donors (Lipinski definition) is 3. The van der Waals surface area contributed by atoms with E-state index in [2.05, 4.69) is 6.58 Å². The van der Waals surface area contributed by atoms with E-state index in [9.17, 15) is 0 Å². The highest BCUT2D eigenvalue weighted by molar-refractivity contribution is 5.03. The lowest BCUT2D eigenvalue weighted by atomic mass is 10.1. The fraction of sp³-hybridized carbons (Fsp3) is 0.600. The second-order valence-corrected chi connectivity index (χ2v) is 2.96. The minimum absolute atomic E-state index is 0.00778. The second kappa shape index (κ2) is 7.98. The third kappa shape index (κ3) is 6.51. The van der Waals surface area contributed by atoms with Crippen molar-refractivity contribution in [1.82, 2.24) is 0 Å². The van der Waals surface area contributed by atoms with Crippen molar-refractivity contribution in [3.63, 3.8) is 0 Å². The third-order valence-electron chi connectivity index (χ3n) is 1.83. The monoisotopic (exact) mass is 186 g/mol. The highest BCUT2D eigenvalue weighted by Gasteiger charge is 1.97. The summed E-state index contributed by atoms with van der Waals surface area (Å²) in [7, 11) is 0. The Kier molecular flexibility index (Phi) is 7.59. The van der Waals surface area contributed by atoms with Crippen molar-refractivity contribution in [2.24, 2.45) is 0 Å². The molecule has 0 saturated heterocycles. The Morgan fingerprint density at radius 3 is 2.23 bits per heavy atom. The minimum Gasteiger partial charge on any atom is -0.392 e. The van der Waals surface area contributed by atoms with E-state index in [4.69, 9.17) is 15.3 Å². The number of aliphatic hydroxyl groups is 3. The summed E-state index contributed by atoms with van der Waals surface area (Å²) in [6, 6.07) is 0. The largest absolute Gasteiger partial charge is 0.392 e. The Hall–Kier alpha value is -0.640. The van der Waals surface area contributed by atoms with Gasteiger partial charge in [0.2, 0.25) is 0 Å². The van der Waals surface area contributed by atoms with Gasteiger partial charge in [-0.05, 0) is 24.8 Å². The highest BCUT2D eigenvalue weighted by Crippen LogP contribution is 2.10. The molecule has 0 aromatic carbocycles. The van der Waals surface area contributed by atoms with Crippen LogP contribution >= 0.6 is 0 Å². The summed E-state index contributed by atoms with van der Waals surface area (Å²) in [6.45, 7) is 3.65. The van der Waals surface area contributed by atoms with Crippen LogP contribution in [0.5, 0.6) is 0 Å². The van der Waals surface area contributed by atoms with Crippen molar-refractivity contribution in [2.75, 3.05) is 19.8 Å². The summed E-state index contributed by atoms with van der Waals surface area (Å²) in [4.78, 5) is 0. The standard InChI is InChI=1S/C10H18O3/c1-9(7-12)3-2-4-10(8-13)5-6-11/h5,11-13H,1-4,6-8H2/b10-5+. The van der Waals surface area contributed by atoms with E-state index in [1.54, 1.807) is 6.08 Å². The zero-order valence-electron chi connectivity index (χ0n) is 7.87. The molecule has 0 fully saturated rings. The Labute approximate surface area is 79.0 Å². The smallest absolute Gasteiger partial charge is 0.0642 e. The van der Waals surface area contributed by atoms with Crippen molar-refractivity contribution >= 4 is 0 Å². The van der Waals surface area contributed by atoms with E-state index >= 15 is 0 Å². The highest BCUT2D eigenvalue weighted by atomic mass is 16.3. The average molecular weight is 186 g/mol. The molecular weight excluding hydrogens is 168 g/mol. The molecule has 3 N–H and O–H groups in total. The van der Waals surface area contributed by atoms with Gasteiger partial charge >= 0.3 is 0 Å². The minimum atomic E-state index is -0.0309. The molecule has 0 heterocycles. The van der Waals surface area contributed by atoms with E-state index in [0.29, 0.717) is 0 Å². The molecule has 0 atom stereocenters. The lowest BCUT2D eigenvalue weighted by molar-refractivity contribution is 0.313. The lowest BCUT2D eigenvalue weighted by Crippen LogP contribution is -1.94. The van der Waals surface area contributed by atoms with Gasteiger partial charge in [0.1, 0.15) is 0 Å². The van der Waals surface area contributed by atoms with Gasteiger partial charge in [-0.3, -0.25) is 0 Å². The van der Waals surface area contributed by atoms with Gasteiger partial charge in [0.05, 0.1) is 19.8 Å². The van der Waals surface area contributed by atoms with E-state index in [0.717, 1.165) is 30.4 Å². The van der Waals surface area contributed by atoms with E-state index in [-0.39, 0.29) is 19.8 Å². The first-order valence-electron chi connectivity index (χ1n) is 4.41. The summed E-state index contributed by atoms with van der Waals surface area (Å²) in [5, 5.41) is 26.1. The predicted molar refractivity (Wildman–Crippen MR) is 52.3 cm³/mol. The zero-order chi connectivity index (χ0) is 10.1. The molecule has 0 saturated carbocycles. The first kappa shape index (κ1) is 12.4. The van der Waals surface area contributed by atoms with Crippen molar-refractivity contribution in [3.8, 4) is 0 Å². The first-order chi connectivity index (χ1) is 6.24. The topological polar surface area (TPSA) is 60.7 Å². The molecule has 76 valence electrons. The van der Waals surface area contributed by atoms with Crippen LogP contribution in [-0.4, -0.2) is 35.1 Å². The van der Waals surface area contributed by atoms with Crippen molar-refractivity contribution < 1.29 is 15.3 Å². The first-order valence-corrected chi connectivity index (χ1v) is 4.41. The summed E-state index contributed by atoms with van der Waals surface area (Å²) < 4.78 is 0. The SMILES string of the molecule is C=C(CO)CCC/C(=C\CO)CO. The van der Waals surface area contributed by atoms with Gasteiger partial charge in [-0.25, -0.2) is 0 Å². The fourth-order valence-electron chi connectivity index (χ4n) is 1.02. The van der Waals surface area contributed by atoms with Crippen LogP contribution in [0.15, 0.2) is 23.8 Å². The molecule has 0 aliphatic carbocycles. The summed E-state index contributed by atoms with van der Waals surface area (Å²) in [5.41, 5.74) is 1.65. The predicted octanol–water partition coefficient (Wildman–Crippen LogP) is 0.616. The van der Waals surface area contributed by atoms with Crippen molar-refractivity contribution in [2.45, 2.75) is 19.3 Å². The van der Waals surface area contributed by atoms with Gasteiger partial charge < -0.3 is 15.3 Å². The van der Waals surface area contributed by atoms with Gasteiger partial charge in [0, 0.05) is 0 Å². The quantitative estimate of drug-likeness (QED) is 0.511. The molecule has 13 heavy (non-hydrogen) atoms. The van der Waals surface area contributed by atoms with Gasteiger partial charge in [-0.15, -0.1) is 0 Å². The summed E-state index contributed by atoms with van der Waals surface area (Å²) in [5.74, 6) is 0. The second-order valence-electron chi connectivity index (χ2n) is 2.96. The molecule has 0 unspecified atom stereocenters. The number of rotatable bonds is 7. The van der Waals surface area contributed by atoms with Gasteiger partial charge in [0.15, 0.2) is 0 Å². The Bertz CT molecular complexity index is 173. The molecule has 0 aromatic heterocycles. The lowest BCUT2D eigenvalue weighted by Gasteiger charge is -2.04. The number of aliphatic hydroxyl groups excluding tert-OH is 3. The molecule has 0 spiro atoms. The van der Waals surface area contributed by atoms with Crippen molar-refractivity contribution in [3.05, 3.63) is 23.8 Å². The third-order valence-corrected chi connectivity index (χ3v) is 1.83. The number of hydrogen-bond acceptors (Lipinski definition) is 3. The maximum Gasteiger partial charge on any atom is 0.0642 e. The van der Waals surface area contributed by atoms with Gasteiger partial charge in [-0.2, -0.15) is 0 Å². The van der Waals surface area contributed by atoms with Gasteiger partial charge in [0.25, 0.3) is 0 Å². The van der Waals surface area contributed by atoms with Gasteiger partial charge in [-0.1, -0.05) is 18.2 Å². The molecule has 3 heteroatoms. The summed E-state index contributed by atoms with van der Waals surface area (Å²) in [6.07, 6.45) is 3.98. The fourth-order valence-corrected chi connectivity index (χ4v) is 1.02. The Morgan fingerprint density at radius 2 is 1.77 bits per heavy atom. The van der Waals surface area contributed by atoms with Crippen LogP contribution in [0.25, 0.3) is 0 Å². The molecule has 0 aliphatic heterocycles. The average Bonchev–Trinajstić information content (AvgIpc) is 2.16. The van der Waals surface area contributed by atoms with E-state index < -0.39 is 0 Å². The maximum atomic E-state index is 8.83.